The van der Waals surface area contributed by atoms with Crippen LogP contribution in [0.5, 0.6) is 0 Å². The summed E-state index contributed by atoms with van der Waals surface area (Å²) in [4.78, 5) is 22.7. The Labute approximate surface area is 169 Å². The fourth-order valence-electron chi connectivity index (χ4n) is 3.26. The highest BCUT2D eigenvalue weighted by atomic mass is 127. The summed E-state index contributed by atoms with van der Waals surface area (Å²) >= 11 is 0. The number of amides is 1. The molecule has 0 atom stereocenters. The minimum absolute atomic E-state index is 0. The normalized spacial score (nSPS) is 14.5. The van der Waals surface area contributed by atoms with E-state index < -0.39 is 0 Å². The van der Waals surface area contributed by atoms with Gasteiger partial charge in [0.25, 0.3) is 0 Å². The molecule has 0 saturated carbocycles. The lowest BCUT2D eigenvalue weighted by Crippen LogP contribution is -2.41. The first kappa shape index (κ1) is 21.7. The molecule has 1 fully saturated rings. The van der Waals surface area contributed by atoms with Crippen molar-refractivity contribution in [2.75, 3.05) is 47.8 Å². The van der Waals surface area contributed by atoms with Gasteiger partial charge in [0.1, 0.15) is 6.54 Å². The number of carbonyl (C=O) groups is 1. The molecule has 1 heterocycles. The molecule has 5 nitrogen and oxygen atoms in total. The summed E-state index contributed by atoms with van der Waals surface area (Å²) in [5.41, 5.74) is 1.40. The average Bonchev–Trinajstić information content (AvgIpc) is 2.56. The highest BCUT2D eigenvalue weighted by Crippen LogP contribution is 2.21. The lowest BCUT2D eigenvalue weighted by Gasteiger charge is -2.32. The maximum absolute atomic E-state index is 12.4. The van der Waals surface area contributed by atoms with Crippen molar-refractivity contribution in [3.8, 4) is 0 Å². The topological polar surface area (TPSA) is 39.2 Å². The number of hydrogen-bond donors (Lipinski definition) is 0. The predicted molar refractivity (Wildman–Crippen MR) is 115 cm³/mol. The van der Waals surface area contributed by atoms with Crippen LogP contribution in [0.3, 0.4) is 0 Å². The number of rotatable bonds is 4. The highest BCUT2D eigenvalue weighted by Gasteiger charge is 2.22. The maximum Gasteiger partial charge on any atom is 0.244 e. The van der Waals surface area contributed by atoms with Crippen LogP contribution in [-0.2, 0) is 11.2 Å². The quantitative estimate of drug-likeness (QED) is 0.396. The Morgan fingerprint density at radius 3 is 2.16 bits per heavy atom. The summed E-state index contributed by atoms with van der Waals surface area (Å²) in [6, 6.07) is 10.6. The molecular formula is C19H31IN4O. The lowest BCUT2D eigenvalue weighted by molar-refractivity contribution is -0.131. The fraction of sp³-hybridized carbons (Fsp3) is 0.579. The number of carbonyl (C=O) groups excluding carboxylic acids is 1. The van der Waals surface area contributed by atoms with Gasteiger partial charge in [-0.2, -0.15) is 0 Å². The third-order valence-corrected chi connectivity index (χ3v) is 4.49. The molecule has 0 spiro atoms. The van der Waals surface area contributed by atoms with Crippen molar-refractivity contribution in [2.45, 2.75) is 19.3 Å². The maximum atomic E-state index is 12.4. The minimum Gasteiger partial charge on any atom is -0.349 e. The van der Waals surface area contributed by atoms with Gasteiger partial charge < -0.3 is 14.7 Å². The molecule has 2 rings (SSSR count). The third kappa shape index (κ3) is 6.84. The van der Waals surface area contributed by atoms with E-state index in [0.29, 0.717) is 5.92 Å². The van der Waals surface area contributed by atoms with Crippen molar-refractivity contribution in [1.82, 2.24) is 14.7 Å². The molecular weight excluding hydrogens is 427 g/mol. The van der Waals surface area contributed by atoms with Crippen LogP contribution in [0.4, 0.5) is 0 Å². The Morgan fingerprint density at radius 2 is 1.64 bits per heavy atom. The molecule has 0 unspecified atom stereocenters. The zero-order valence-electron chi connectivity index (χ0n) is 15.8. The van der Waals surface area contributed by atoms with Gasteiger partial charge in [-0.05, 0) is 30.7 Å². The SMILES string of the molecule is CN(C)C(=NCC(=O)N1CCC(Cc2ccccc2)CC1)N(C)C.I. The van der Waals surface area contributed by atoms with Gasteiger partial charge in [0.2, 0.25) is 5.91 Å². The second-order valence-corrected chi connectivity index (χ2v) is 6.92. The molecule has 6 heteroatoms. The summed E-state index contributed by atoms with van der Waals surface area (Å²) in [6.07, 6.45) is 3.28. The fourth-order valence-corrected chi connectivity index (χ4v) is 3.26. The van der Waals surface area contributed by atoms with Gasteiger partial charge in [-0.1, -0.05) is 30.3 Å². The Kier molecular flexibility index (Phi) is 9.24. The van der Waals surface area contributed by atoms with Crippen molar-refractivity contribution in [1.29, 1.82) is 0 Å². The summed E-state index contributed by atoms with van der Waals surface area (Å²) in [7, 11) is 7.77. The van der Waals surface area contributed by atoms with Gasteiger partial charge in [0.05, 0.1) is 0 Å². The van der Waals surface area contributed by atoms with Crippen molar-refractivity contribution in [2.24, 2.45) is 10.9 Å². The molecule has 1 amide bonds. The van der Waals surface area contributed by atoms with E-state index in [4.69, 9.17) is 0 Å². The van der Waals surface area contributed by atoms with Crippen LogP contribution < -0.4 is 0 Å². The molecule has 1 aromatic carbocycles. The number of benzene rings is 1. The number of hydrogen-bond acceptors (Lipinski definition) is 2. The second-order valence-electron chi connectivity index (χ2n) is 6.92. The molecule has 0 aromatic heterocycles. The van der Waals surface area contributed by atoms with E-state index in [0.717, 1.165) is 38.3 Å². The van der Waals surface area contributed by atoms with Crippen LogP contribution in [0.1, 0.15) is 18.4 Å². The Bertz CT molecular complexity index is 542. The summed E-state index contributed by atoms with van der Waals surface area (Å²) in [5, 5.41) is 0. The smallest absolute Gasteiger partial charge is 0.244 e. The van der Waals surface area contributed by atoms with Crippen LogP contribution in [0.25, 0.3) is 0 Å². The number of piperidine rings is 1. The van der Waals surface area contributed by atoms with Crippen molar-refractivity contribution in [3.63, 3.8) is 0 Å². The molecule has 0 radical (unpaired) electrons. The van der Waals surface area contributed by atoms with E-state index in [1.807, 2.05) is 42.9 Å². The van der Waals surface area contributed by atoms with Crippen LogP contribution in [0, 0.1) is 5.92 Å². The third-order valence-electron chi connectivity index (χ3n) is 4.49. The first-order chi connectivity index (χ1) is 11.5. The first-order valence-corrected chi connectivity index (χ1v) is 8.68. The van der Waals surface area contributed by atoms with Crippen LogP contribution in [0.15, 0.2) is 35.3 Å². The molecule has 1 saturated heterocycles. The van der Waals surface area contributed by atoms with E-state index >= 15 is 0 Å². The van der Waals surface area contributed by atoms with E-state index in [1.165, 1.54) is 5.56 Å². The minimum atomic E-state index is 0. The number of nitrogens with zero attached hydrogens (tertiary/aromatic N) is 4. The van der Waals surface area contributed by atoms with Crippen molar-refractivity contribution in [3.05, 3.63) is 35.9 Å². The number of halogens is 1. The van der Waals surface area contributed by atoms with E-state index in [1.54, 1.807) is 0 Å². The number of guanidine groups is 1. The second kappa shape index (κ2) is 10.6. The summed E-state index contributed by atoms with van der Waals surface area (Å²) in [6.45, 7) is 1.94. The molecule has 1 aliphatic heterocycles. The number of aliphatic imine (C=N–C) groups is 1. The van der Waals surface area contributed by atoms with Crippen LogP contribution >= 0.6 is 24.0 Å². The van der Waals surface area contributed by atoms with E-state index in [9.17, 15) is 4.79 Å². The van der Waals surface area contributed by atoms with E-state index in [2.05, 4.69) is 35.3 Å². The summed E-state index contributed by atoms with van der Waals surface area (Å²) in [5.74, 6) is 1.63. The Hall–Kier alpha value is -1.31. The standard InChI is InChI=1S/C19H30N4O.HI/c1-21(2)19(22(3)4)20-15-18(24)23-12-10-17(11-13-23)14-16-8-6-5-7-9-16;/h5-9,17H,10-15H2,1-4H3;1H. The zero-order chi connectivity index (χ0) is 17.5. The Morgan fingerprint density at radius 1 is 1.08 bits per heavy atom. The molecule has 0 aliphatic carbocycles. The predicted octanol–water partition coefficient (Wildman–Crippen LogP) is 2.56. The first-order valence-electron chi connectivity index (χ1n) is 8.68. The lowest BCUT2D eigenvalue weighted by atomic mass is 9.90. The van der Waals surface area contributed by atoms with Gasteiger partial charge in [-0.3, -0.25) is 4.79 Å². The molecule has 140 valence electrons. The molecule has 25 heavy (non-hydrogen) atoms. The van der Waals surface area contributed by atoms with Gasteiger partial charge in [0.15, 0.2) is 5.96 Å². The monoisotopic (exact) mass is 458 g/mol. The highest BCUT2D eigenvalue weighted by molar-refractivity contribution is 14.0. The van der Waals surface area contributed by atoms with Gasteiger partial charge in [-0.15, -0.1) is 24.0 Å². The average molecular weight is 458 g/mol. The molecule has 0 bridgehead atoms. The van der Waals surface area contributed by atoms with Crippen LogP contribution in [-0.4, -0.2) is 74.4 Å². The van der Waals surface area contributed by atoms with Gasteiger partial charge >= 0.3 is 0 Å². The van der Waals surface area contributed by atoms with E-state index in [-0.39, 0.29) is 36.4 Å². The molecule has 0 N–H and O–H groups in total. The van der Waals surface area contributed by atoms with Crippen molar-refractivity contribution < 1.29 is 4.79 Å². The molecule has 1 aromatic rings. The van der Waals surface area contributed by atoms with Gasteiger partial charge in [0, 0.05) is 41.3 Å². The zero-order valence-corrected chi connectivity index (χ0v) is 18.1. The van der Waals surface area contributed by atoms with Gasteiger partial charge in [-0.25, -0.2) is 4.99 Å². The number of likely N-dealkylation sites (tertiary alicyclic amines) is 1. The Balaban J connectivity index is 0.00000312. The summed E-state index contributed by atoms with van der Waals surface area (Å²) < 4.78 is 0. The largest absolute Gasteiger partial charge is 0.349 e. The van der Waals surface area contributed by atoms with Crippen LogP contribution in [0.2, 0.25) is 0 Å². The van der Waals surface area contributed by atoms with Crippen molar-refractivity contribution >= 4 is 35.8 Å². The molecule has 1 aliphatic rings.